The highest BCUT2D eigenvalue weighted by Crippen LogP contribution is 2.22. The summed E-state index contributed by atoms with van der Waals surface area (Å²) in [6.07, 6.45) is 1.64. The quantitative estimate of drug-likeness (QED) is 0.509. The summed E-state index contributed by atoms with van der Waals surface area (Å²) in [7, 11) is 0. The summed E-state index contributed by atoms with van der Waals surface area (Å²) in [4.78, 5) is 20.1. The van der Waals surface area contributed by atoms with Crippen molar-refractivity contribution in [3.8, 4) is 0 Å². The molecule has 1 saturated heterocycles. The van der Waals surface area contributed by atoms with Crippen molar-refractivity contribution in [2.24, 2.45) is 0 Å². The number of hydrogen-bond donors (Lipinski definition) is 2. The van der Waals surface area contributed by atoms with Crippen LogP contribution in [0.15, 0.2) is 45.8 Å². The van der Waals surface area contributed by atoms with Gasteiger partial charge >= 0.3 is 0 Å². The first-order chi connectivity index (χ1) is 15.5. The van der Waals surface area contributed by atoms with E-state index in [9.17, 15) is 4.79 Å². The number of furan rings is 1. The molecular weight excluding hydrogens is 448 g/mol. The summed E-state index contributed by atoms with van der Waals surface area (Å²) in [6, 6.07) is 9.45. The van der Waals surface area contributed by atoms with Gasteiger partial charge in [-0.05, 0) is 60.4 Å². The molecule has 0 bridgehead atoms. The zero-order valence-corrected chi connectivity index (χ0v) is 19.6. The van der Waals surface area contributed by atoms with E-state index in [1.54, 1.807) is 12.3 Å². The molecule has 4 rings (SSSR count). The van der Waals surface area contributed by atoms with Gasteiger partial charge in [-0.1, -0.05) is 11.6 Å². The number of aromatic amines is 1. The van der Waals surface area contributed by atoms with E-state index in [0.717, 1.165) is 55.1 Å². The average Bonchev–Trinajstić information content (AvgIpc) is 3.31. The lowest BCUT2D eigenvalue weighted by Crippen LogP contribution is -2.46. The van der Waals surface area contributed by atoms with Gasteiger partial charge in [0.1, 0.15) is 5.76 Å². The predicted molar refractivity (Wildman–Crippen MR) is 130 cm³/mol. The fourth-order valence-corrected chi connectivity index (χ4v) is 4.13. The Morgan fingerprint density at radius 3 is 2.88 bits per heavy atom. The number of fused-ring (bicyclic) bond motifs is 1. The minimum absolute atomic E-state index is 0.136. The monoisotopic (exact) mass is 474 g/mol. The Morgan fingerprint density at radius 1 is 1.31 bits per heavy atom. The number of benzene rings is 1. The summed E-state index contributed by atoms with van der Waals surface area (Å²) in [5.41, 5.74) is 2.22. The van der Waals surface area contributed by atoms with E-state index in [2.05, 4.69) is 15.2 Å². The number of aryl methyl sites for hydroxylation is 1. The third-order valence-corrected chi connectivity index (χ3v) is 6.44. The molecule has 2 N–H and O–H groups in total. The molecule has 0 aliphatic carbocycles. The van der Waals surface area contributed by atoms with Crippen LogP contribution in [-0.4, -0.2) is 59.3 Å². The van der Waals surface area contributed by atoms with Crippen LogP contribution < -0.4 is 10.9 Å². The Bertz CT molecular complexity index is 1130. The molecular formula is C23H27ClN4O3S. The highest BCUT2D eigenvalue weighted by Gasteiger charge is 2.17. The molecule has 32 heavy (non-hydrogen) atoms. The molecule has 3 aromatic rings. The molecule has 1 fully saturated rings. The maximum absolute atomic E-state index is 12.8. The van der Waals surface area contributed by atoms with E-state index in [4.69, 9.17) is 33.0 Å². The van der Waals surface area contributed by atoms with Gasteiger partial charge in [-0.25, -0.2) is 0 Å². The lowest BCUT2D eigenvalue weighted by atomic mass is 10.1. The van der Waals surface area contributed by atoms with Crippen molar-refractivity contribution in [2.75, 3.05) is 39.4 Å². The van der Waals surface area contributed by atoms with Crippen LogP contribution in [0.5, 0.6) is 0 Å². The molecule has 0 saturated carbocycles. The fraction of sp³-hybridized carbons (Fsp3) is 0.391. The Labute approximate surface area is 197 Å². The molecule has 2 aromatic heterocycles. The highest BCUT2D eigenvalue weighted by atomic mass is 35.5. The third-order valence-electron chi connectivity index (χ3n) is 5.63. The van der Waals surface area contributed by atoms with Gasteiger partial charge in [-0.3, -0.25) is 9.69 Å². The molecule has 0 spiro atoms. The van der Waals surface area contributed by atoms with Gasteiger partial charge in [0.05, 0.1) is 32.6 Å². The van der Waals surface area contributed by atoms with Crippen molar-refractivity contribution < 1.29 is 9.15 Å². The second kappa shape index (κ2) is 10.5. The second-order valence-electron chi connectivity index (χ2n) is 7.93. The van der Waals surface area contributed by atoms with Crippen molar-refractivity contribution in [3.63, 3.8) is 0 Å². The predicted octanol–water partition coefficient (Wildman–Crippen LogP) is 3.29. The SMILES string of the molecule is Cc1cc2cc(CN(CCN3CCOCC3)C(=S)NCc3ccco3)c(=O)[nH]c2cc1Cl. The maximum atomic E-state index is 12.8. The van der Waals surface area contributed by atoms with Crippen molar-refractivity contribution in [2.45, 2.75) is 20.0 Å². The van der Waals surface area contributed by atoms with Gasteiger partial charge in [0.25, 0.3) is 5.56 Å². The molecule has 3 heterocycles. The topological polar surface area (TPSA) is 73.7 Å². The third kappa shape index (κ3) is 5.69. The molecule has 170 valence electrons. The molecule has 1 aliphatic heterocycles. The Hall–Kier alpha value is -2.39. The lowest BCUT2D eigenvalue weighted by Gasteiger charge is -2.31. The van der Waals surface area contributed by atoms with Crippen LogP contribution in [0.25, 0.3) is 10.9 Å². The van der Waals surface area contributed by atoms with Gasteiger partial charge in [-0.15, -0.1) is 0 Å². The molecule has 0 atom stereocenters. The molecule has 7 nitrogen and oxygen atoms in total. The van der Waals surface area contributed by atoms with Crippen LogP contribution in [0.1, 0.15) is 16.9 Å². The maximum Gasteiger partial charge on any atom is 0.253 e. The van der Waals surface area contributed by atoms with Crippen LogP contribution >= 0.6 is 23.8 Å². The first kappa shape index (κ1) is 22.8. The Morgan fingerprint density at radius 2 is 2.12 bits per heavy atom. The second-order valence-corrected chi connectivity index (χ2v) is 8.72. The van der Waals surface area contributed by atoms with Gasteiger partial charge in [0.15, 0.2) is 5.11 Å². The largest absolute Gasteiger partial charge is 0.467 e. The van der Waals surface area contributed by atoms with E-state index < -0.39 is 0 Å². The van der Waals surface area contributed by atoms with Gasteiger partial charge < -0.3 is 24.4 Å². The highest BCUT2D eigenvalue weighted by molar-refractivity contribution is 7.80. The lowest BCUT2D eigenvalue weighted by molar-refractivity contribution is 0.0357. The summed E-state index contributed by atoms with van der Waals surface area (Å²) >= 11 is 11.9. The molecule has 1 aliphatic rings. The molecule has 0 radical (unpaired) electrons. The minimum atomic E-state index is -0.136. The van der Waals surface area contributed by atoms with E-state index in [0.29, 0.717) is 35.3 Å². The van der Waals surface area contributed by atoms with Gasteiger partial charge in [0.2, 0.25) is 0 Å². The van der Waals surface area contributed by atoms with Crippen molar-refractivity contribution in [3.05, 3.63) is 68.9 Å². The summed E-state index contributed by atoms with van der Waals surface area (Å²) in [5.74, 6) is 0.802. The number of pyridine rings is 1. The van der Waals surface area contributed by atoms with E-state index in [1.165, 1.54) is 0 Å². The van der Waals surface area contributed by atoms with Crippen LogP contribution in [-0.2, 0) is 17.8 Å². The number of nitrogens with zero attached hydrogens (tertiary/aromatic N) is 2. The van der Waals surface area contributed by atoms with E-state index >= 15 is 0 Å². The number of thiocarbonyl (C=S) groups is 1. The zero-order chi connectivity index (χ0) is 22.5. The standard InChI is InChI=1S/C23H27ClN4O3S/c1-16-11-17-12-18(22(29)26-21(17)13-20(16)24)15-28(5-4-27-6-9-30-10-7-27)23(32)25-14-19-3-2-8-31-19/h2-3,8,11-13H,4-7,9-10,14-15H2,1H3,(H,25,32)(H,26,29). The van der Waals surface area contributed by atoms with Crippen molar-refractivity contribution >= 4 is 39.8 Å². The summed E-state index contributed by atoms with van der Waals surface area (Å²) in [5, 5.41) is 5.43. The average molecular weight is 475 g/mol. The number of hydrogen-bond acceptors (Lipinski definition) is 5. The summed E-state index contributed by atoms with van der Waals surface area (Å²) < 4.78 is 10.8. The summed E-state index contributed by atoms with van der Waals surface area (Å²) in [6.45, 7) is 7.67. The van der Waals surface area contributed by atoms with Crippen LogP contribution in [0.3, 0.4) is 0 Å². The van der Waals surface area contributed by atoms with E-state index in [-0.39, 0.29) is 5.56 Å². The Kier molecular flexibility index (Phi) is 7.47. The van der Waals surface area contributed by atoms with Crippen molar-refractivity contribution in [1.82, 2.24) is 20.1 Å². The van der Waals surface area contributed by atoms with Crippen molar-refractivity contribution in [1.29, 1.82) is 0 Å². The normalized spacial score (nSPS) is 14.6. The fourth-order valence-electron chi connectivity index (χ4n) is 3.74. The van der Waals surface area contributed by atoms with Crippen LogP contribution in [0, 0.1) is 6.92 Å². The smallest absolute Gasteiger partial charge is 0.253 e. The molecule has 1 aromatic carbocycles. The number of aromatic nitrogens is 1. The Balaban J connectivity index is 1.52. The molecule has 0 unspecified atom stereocenters. The van der Waals surface area contributed by atoms with Crippen LogP contribution in [0.4, 0.5) is 0 Å². The number of morpholine rings is 1. The first-order valence-corrected chi connectivity index (χ1v) is 11.5. The van der Waals surface area contributed by atoms with Gasteiger partial charge in [-0.2, -0.15) is 0 Å². The molecule has 9 heteroatoms. The minimum Gasteiger partial charge on any atom is -0.467 e. The number of ether oxygens (including phenoxy) is 1. The number of nitrogens with one attached hydrogen (secondary N) is 2. The number of H-pyrrole nitrogens is 1. The molecule has 0 amide bonds. The van der Waals surface area contributed by atoms with Crippen LogP contribution in [0.2, 0.25) is 5.02 Å². The zero-order valence-electron chi connectivity index (χ0n) is 18.0. The van der Waals surface area contributed by atoms with E-state index in [1.807, 2.05) is 36.1 Å². The van der Waals surface area contributed by atoms with Gasteiger partial charge in [0, 0.05) is 42.3 Å². The number of halogens is 1. The first-order valence-electron chi connectivity index (χ1n) is 10.7. The number of rotatable bonds is 7.